The summed E-state index contributed by atoms with van der Waals surface area (Å²) in [6.07, 6.45) is 4.48. The van der Waals surface area contributed by atoms with Crippen LogP contribution in [0.2, 0.25) is 0 Å². The number of ether oxygens (including phenoxy) is 1. The summed E-state index contributed by atoms with van der Waals surface area (Å²) >= 11 is 0. The number of carbonyl (C=O) groups excluding carboxylic acids is 2. The third-order valence-corrected chi connectivity index (χ3v) is 4.61. The van der Waals surface area contributed by atoms with Gasteiger partial charge in [0.1, 0.15) is 0 Å². The van der Waals surface area contributed by atoms with Crippen molar-refractivity contribution in [2.45, 2.75) is 25.3 Å². The van der Waals surface area contributed by atoms with Crippen LogP contribution in [-0.2, 0) is 9.53 Å². The van der Waals surface area contributed by atoms with Crippen LogP contribution >= 0.6 is 0 Å². The number of amides is 2. The molecule has 0 unspecified atom stereocenters. The zero-order valence-electron chi connectivity index (χ0n) is 13.3. The van der Waals surface area contributed by atoms with Crippen LogP contribution < -0.4 is 10.6 Å². The van der Waals surface area contributed by atoms with Gasteiger partial charge >= 0.3 is 0 Å². The lowest BCUT2D eigenvalue weighted by atomic mass is 10.2. The molecule has 2 N–H and O–H groups in total. The van der Waals surface area contributed by atoms with Crippen molar-refractivity contribution in [1.29, 1.82) is 0 Å². The molecule has 1 aliphatic heterocycles. The number of rotatable bonds is 6. The van der Waals surface area contributed by atoms with Crippen molar-refractivity contribution in [1.82, 2.24) is 15.2 Å². The average molecular weight is 318 g/mol. The minimum Gasteiger partial charge on any atom is -0.378 e. The lowest BCUT2D eigenvalue weighted by Crippen LogP contribution is -2.50. The van der Waals surface area contributed by atoms with Gasteiger partial charge in [0, 0.05) is 31.4 Å². The van der Waals surface area contributed by atoms with Crippen molar-refractivity contribution < 1.29 is 14.3 Å². The topological polar surface area (TPSA) is 83.6 Å². The molecule has 1 saturated heterocycles. The van der Waals surface area contributed by atoms with Crippen LogP contribution in [0.3, 0.4) is 0 Å². The predicted octanol–water partition coefficient (Wildman–Crippen LogP) is 0.553. The van der Waals surface area contributed by atoms with Crippen molar-refractivity contribution in [2.24, 2.45) is 0 Å². The molecule has 1 aromatic heterocycles. The molecule has 1 saturated carbocycles. The number of pyridine rings is 1. The van der Waals surface area contributed by atoms with E-state index in [1.54, 1.807) is 13.0 Å². The Labute approximate surface area is 135 Å². The fourth-order valence-corrected chi connectivity index (χ4v) is 2.99. The monoisotopic (exact) mass is 318 g/mol. The second kappa shape index (κ2) is 6.64. The summed E-state index contributed by atoms with van der Waals surface area (Å²) in [5.41, 5.74) is 1.91. The number of hydrogen-bond donors (Lipinski definition) is 2. The van der Waals surface area contributed by atoms with Crippen molar-refractivity contribution >= 4 is 18.0 Å². The first-order valence-corrected chi connectivity index (χ1v) is 7.92. The third-order valence-electron chi connectivity index (χ3n) is 4.61. The summed E-state index contributed by atoms with van der Waals surface area (Å²) < 4.78 is 5.55. The maximum atomic E-state index is 12.2. The molecule has 1 aromatic rings. The van der Waals surface area contributed by atoms with Crippen LogP contribution in [-0.4, -0.2) is 60.6 Å². The first kappa shape index (κ1) is 15.9. The van der Waals surface area contributed by atoms with E-state index in [4.69, 9.17) is 4.74 Å². The largest absolute Gasteiger partial charge is 0.378 e. The Hall–Kier alpha value is -1.99. The number of aromatic nitrogens is 1. The molecule has 7 heteroatoms. The molecule has 1 aliphatic carbocycles. The maximum Gasteiger partial charge on any atom is 0.252 e. The first-order valence-electron chi connectivity index (χ1n) is 7.92. The lowest BCUT2D eigenvalue weighted by Gasteiger charge is -2.36. The normalized spacial score (nSPS) is 19.3. The van der Waals surface area contributed by atoms with Gasteiger partial charge in [-0.2, -0.15) is 0 Å². The van der Waals surface area contributed by atoms with E-state index >= 15 is 0 Å². The van der Waals surface area contributed by atoms with Crippen LogP contribution in [0.1, 0.15) is 28.9 Å². The standard InChI is InChI=1S/C16H22N4O3/c1-12-14(19-11-21)8-13(9-18-12)15(22)17-4-5-20-6-7-23-10-16(20)2-3-16/h8-9,11H,2-7,10H2,1H3,(H,17,22)(H,19,21). The molecule has 7 nitrogen and oxygen atoms in total. The van der Waals surface area contributed by atoms with E-state index in [9.17, 15) is 9.59 Å². The van der Waals surface area contributed by atoms with Gasteiger partial charge in [0.2, 0.25) is 6.41 Å². The molecule has 0 aromatic carbocycles. The van der Waals surface area contributed by atoms with Crippen LogP contribution in [0.15, 0.2) is 12.3 Å². The van der Waals surface area contributed by atoms with Gasteiger partial charge in [-0.05, 0) is 25.8 Å². The molecule has 23 heavy (non-hydrogen) atoms. The SMILES string of the molecule is Cc1ncc(C(=O)NCCN2CCOCC23CC3)cc1NC=O. The van der Waals surface area contributed by atoms with Gasteiger partial charge in [-0.3, -0.25) is 19.5 Å². The van der Waals surface area contributed by atoms with E-state index < -0.39 is 0 Å². The maximum absolute atomic E-state index is 12.2. The Morgan fingerprint density at radius 1 is 1.52 bits per heavy atom. The molecule has 0 bridgehead atoms. The van der Waals surface area contributed by atoms with Crippen molar-refractivity contribution in [3.8, 4) is 0 Å². The molecular weight excluding hydrogens is 296 g/mol. The number of nitrogens with one attached hydrogen (secondary N) is 2. The summed E-state index contributed by atoms with van der Waals surface area (Å²) in [5.74, 6) is -0.176. The second-order valence-electron chi connectivity index (χ2n) is 6.14. The highest BCUT2D eigenvalue weighted by atomic mass is 16.5. The van der Waals surface area contributed by atoms with Gasteiger partial charge in [0.25, 0.3) is 5.91 Å². The van der Waals surface area contributed by atoms with E-state index in [-0.39, 0.29) is 11.4 Å². The number of anilines is 1. The van der Waals surface area contributed by atoms with Crippen LogP contribution in [0.25, 0.3) is 0 Å². The Kier molecular flexibility index (Phi) is 4.58. The van der Waals surface area contributed by atoms with Gasteiger partial charge in [-0.15, -0.1) is 0 Å². The Bertz CT molecular complexity index is 601. The summed E-state index contributed by atoms with van der Waals surface area (Å²) in [6.45, 7) is 5.69. The molecule has 3 rings (SSSR count). The van der Waals surface area contributed by atoms with E-state index in [0.29, 0.717) is 29.9 Å². The number of morpholine rings is 1. The van der Waals surface area contributed by atoms with Crippen molar-refractivity contribution in [3.05, 3.63) is 23.5 Å². The van der Waals surface area contributed by atoms with Gasteiger partial charge in [-0.25, -0.2) is 0 Å². The van der Waals surface area contributed by atoms with Crippen LogP contribution in [0.4, 0.5) is 5.69 Å². The highest BCUT2D eigenvalue weighted by molar-refractivity contribution is 5.95. The zero-order chi connectivity index (χ0) is 16.3. The van der Waals surface area contributed by atoms with E-state index in [2.05, 4.69) is 20.5 Å². The zero-order valence-corrected chi connectivity index (χ0v) is 13.3. The minimum atomic E-state index is -0.176. The van der Waals surface area contributed by atoms with E-state index in [1.165, 1.54) is 19.0 Å². The summed E-state index contributed by atoms with van der Waals surface area (Å²) in [6, 6.07) is 1.64. The number of nitrogens with zero attached hydrogens (tertiary/aromatic N) is 2. The fraction of sp³-hybridized carbons (Fsp3) is 0.562. The molecule has 2 fully saturated rings. The van der Waals surface area contributed by atoms with Gasteiger partial charge < -0.3 is 15.4 Å². The number of carbonyl (C=O) groups is 2. The highest BCUT2D eigenvalue weighted by Gasteiger charge is 2.49. The summed E-state index contributed by atoms with van der Waals surface area (Å²) in [4.78, 5) is 29.3. The Balaban J connectivity index is 1.53. The quantitative estimate of drug-likeness (QED) is 0.749. The summed E-state index contributed by atoms with van der Waals surface area (Å²) in [5, 5.41) is 5.48. The van der Waals surface area contributed by atoms with Crippen molar-refractivity contribution in [3.63, 3.8) is 0 Å². The van der Waals surface area contributed by atoms with Gasteiger partial charge in [-0.1, -0.05) is 0 Å². The number of hydrogen-bond acceptors (Lipinski definition) is 5. The first-order chi connectivity index (χ1) is 11.1. The van der Waals surface area contributed by atoms with Crippen LogP contribution in [0.5, 0.6) is 0 Å². The van der Waals surface area contributed by atoms with Crippen LogP contribution in [0, 0.1) is 6.92 Å². The molecule has 1 spiro atoms. The Morgan fingerprint density at radius 2 is 2.35 bits per heavy atom. The molecule has 2 heterocycles. The molecule has 0 atom stereocenters. The fourth-order valence-electron chi connectivity index (χ4n) is 2.99. The molecule has 0 radical (unpaired) electrons. The molecule has 2 aliphatic rings. The lowest BCUT2D eigenvalue weighted by molar-refractivity contribution is -0.105. The highest BCUT2D eigenvalue weighted by Crippen LogP contribution is 2.43. The predicted molar refractivity (Wildman–Crippen MR) is 85.4 cm³/mol. The molecule has 124 valence electrons. The third kappa shape index (κ3) is 3.51. The smallest absolute Gasteiger partial charge is 0.252 e. The molecular formula is C16H22N4O3. The van der Waals surface area contributed by atoms with Gasteiger partial charge in [0.05, 0.1) is 30.2 Å². The van der Waals surface area contributed by atoms with Gasteiger partial charge in [0.15, 0.2) is 0 Å². The van der Waals surface area contributed by atoms with Crippen molar-refractivity contribution in [2.75, 3.05) is 38.2 Å². The van der Waals surface area contributed by atoms with E-state index in [1.807, 2.05) is 0 Å². The summed E-state index contributed by atoms with van der Waals surface area (Å²) in [7, 11) is 0. The number of aryl methyl sites for hydroxylation is 1. The minimum absolute atomic E-state index is 0.176. The second-order valence-corrected chi connectivity index (χ2v) is 6.14. The van der Waals surface area contributed by atoms with E-state index in [0.717, 1.165) is 26.3 Å². The average Bonchev–Trinajstić information content (AvgIpc) is 3.32. The Morgan fingerprint density at radius 3 is 3.09 bits per heavy atom. The molecule has 2 amide bonds.